The van der Waals surface area contributed by atoms with Crippen molar-refractivity contribution in [2.75, 3.05) is 18.0 Å². The molecule has 3 atom stereocenters. The minimum atomic E-state index is -0.542. The van der Waals surface area contributed by atoms with Crippen LogP contribution in [0, 0.1) is 5.92 Å². The first kappa shape index (κ1) is 17.0. The standard InChI is InChI=1S/C18H24N6O2/c25-16-9-13(11-24-7-3-4-21-24)8-14(16)22-18(26)15-10-17(20-12-19-15)23-5-1-2-6-23/h3-4,7,10,12-14,16,25H,1-2,5-6,8-9,11H2,(H,22,26)/t13?,14-,16-/m1/s1. The Morgan fingerprint density at radius 2 is 2.12 bits per heavy atom. The molecule has 1 saturated carbocycles. The molecule has 2 aromatic heterocycles. The Bertz CT molecular complexity index is 744. The Hall–Kier alpha value is -2.48. The number of aliphatic hydroxyl groups excluding tert-OH is 1. The zero-order valence-electron chi connectivity index (χ0n) is 14.7. The van der Waals surface area contributed by atoms with E-state index in [1.54, 1.807) is 12.3 Å². The molecule has 8 nitrogen and oxygen atoms in total. The number of anilines is 1. The quantitative estimate of drug-likeness (QED) is 0.824. The summed E-state index contributed by atoms with van der Waals surface area (Å²) in [6, 6.07) is 3.37. The summed E-state index contributed by atoms with van der Waals surface area (Å²) >= 11 is 0. The molecule has 2 aliphatic rings. The highest BCUT2D eigenvalue weighted by Gasteiger charge is 2.34. The van der Waals surface area contributed by atoms with Gasteiger partial charge in [0, 0.05) is 38.1 Å². The Morgan fingerprint density at radius 3 is 2.88 bits per heavy atom. The lowest BCUT2D eigenvalue weighted by Gasteiger charge is -2.18. The third kappa shape index (κ3) is 3.70. The molecule has 4 rings (SSSR count). The molecule has 138 valence electrons. The molecule has 0 bridgehead atoms. The van der Waals surface area contributed by atoms with Crippen LogP contribution in [-0.4, -0.2) is 56.0 Å². The van der Waals surface area contributed by atoms with E-state index >= 15 is 0 Å². The van der Waals surface area contributed by atoms with Crippen molar-refractivity contribution in [1.82, 2.24) is 25.1 Å². The highest BCUT2D eigenvalue weighted by molar-refractivity contribution is 5.93. The minimum Gasteiger partial charge on any atom is -0.391 e. The molecular formula is C18H24N6O2. The third-order valence-corrected chi connectivity index (χ3v) is 5.26. The first-order valence-corrected chi connectivity index (χ1v) is 9.22. The largest absolute Gasteiger partial charge is 0.391 e. The molecular weight excluding hydrogens is 332 g/mol. The smallest absolute Gasteiger partial charge is 0.270 e. The molecule has 3 heterocycles. The van der Waals surface area contributed by atoms with Crippen LogP contribution in [0.1, 0.15) is 36.2 Å². The van der Waals surface area contributed by atoms with Gasteiger partial charge in [0.15, 0.2) is 0 Å². The molecule has 1 aliphatic carbocycles. The van der Waals surface area contributed by atoms with Gasteiger partial charge in [0.25, 0.3) is 5.91 Å². The summed E-state index contributed by atoms with van der Waals surface area (Å²) in [7, 11) is 0. The maximum Gasteiger partial charge on any atom is 0.270 e. The number of hydrogen-bond donors (Lipinski definition) is 2. The molecule has 2 aromatic rings. The van der Waals surface area contributed by atoms with Crippen LogP contribution in [0.3, 0.4) is 0 Å². The number of nitrogens with zero attached hydrogens (tertiary/aromatic N) is 5. The topological polar surface area (TPSA) is 96.2 Å². The number of nitrogens with one attached hydrogen (secondary N) is 1. The predicted octanol–water partition coefficient (Wildman–Crippen LogP) is 0.843. The molecule has 1 unspecified atom stereocenters. The van der Waals surface area contributed by atoms with Crippen molar-refractivity contribution in [3.8, 4) is 0 Å². The molecule has 1 aliphatic heterocycles. The van der Waals surface area contributed by atoms with Crippen molar-refractivity contribution in [3.05, 3.63) is 36.5 Å². The second-order valence-corrected chi connectivity index (χ2v) is 7.17. The van der Waals surface area contributed by atoms with E-state index in [1.165, 1.54) is 6.33 Å². The summed E-state index contributed by atoms with van der Waals surface area (Å²) in [6.07, 6.45) is 8.25. The lowest BCUT2D eigenvalue weighted by Crippen LogP contribution is -2.40. The number of carbonyl (C=O) groups is 1. The Morgan fingerprint density at radius 1 is 1.27 bits per heavy atom. The maximum atomic E-state index is 12.6. The molecule has 26 heavy (non-hydrogen) atoms. The summed E-state index contributed by atoms with van der Waals surface area (Å²) in [5.41, 5.74) is 0.352. The minimum absolute atomic E-state index is 0.253. The molecule has 0 aromatic carbocycles. The summed E-state index contributed by atoms with van der Waals surface area (Å²) in [6.45, 7) is 2.69. The molecule has 0 spiro atoms. The Labute approximate surface area is 152 Å². The predicted molar refractivity (Wildman–Crippen MR) is 95.7 cm³/mol. The van der Waals surface area contributed by atoms with Gasteiger partial charge in [-0.1, -0.05) is 0 Å². The second-order valence-electron chi connectivity index (χ2n) is 7.17. The van der Waals surface area contributed by atoms with E-state index in [9.17, 15) is 9.90 Å². The first-order chi connectivity index (χ1) is 12.7. The second kappa shape index (κ2) is 7.41. The van der Waals surface area contributed by atoms with Crippen molar-refractivity contribution in [2.24, 2.45) is 5.92 Å². The summed E-state index contributed by atoms with van der Waals surface area (Å²) in [4.78, 5) is 23.2. The SMILES string of the molecule is O=C(N[C@@H]1CC(Cn2cccn2)C[C@H]1O)c1cc(N2CCCC2)ncn1. The van der Waals surface area contributed by atoms with Crippen LogP contribution in [0.2, 0.25) is 0 Å². The number of hydrogen-bond acceptors (Lipinski definition) is 6. The summed E-state index contributed by atoms with van der Waals surface area (Å²) in [5, 5.41) is 17.5. The summed E-state index contributed by atoms with van der Waals surface area (Å²) in [5.74, 6) is 0.837. The first-order valence-electron chi connectivity index (χ1n) is 9.22. The lowest BCUT2D eigenvalue weighted by atomic mass is 10.1. The van der Waals surface area contributed by atoms with Gasteiger partial charge in [0.05, 0.1) is 12.1 Å². The molecule has 1 amide bonds. The fourth-order valence-electron chi connectivity index (χ4n) is 3.93. The van der Waals surface area contributed by atoms with E-state index < -0.39 is 6.10 Å². The average Bonchev–Trinajstić information content (AvgIpc) is 3.39. The molecule has 0 radical (unpaired) electrons. The van der Waals surface area contributed by atoms with E-state index in [-0.39, 0.29) is 11.9 Å². The van der Waals surface area contributed by atoms with Crippen molar-refractivity contribution in [1.29, 1.82) is 0 Å². The maximum absolute atomic E-state index is 12.6. The number of rotatable bonds is 5. The highest BCUT2D eigenvalue weighted by atomic mass is 16.3. The molecule has 2 fully saturated rings. The van der Waals surface area contributed by atoms with Gasteiger partial charge in [-0.15, -0.1) is 0 Å². The monoisotopic (exact) mass is 356 g/mol. The van der Waals surface area contributed by atoms with Crippen molar-refractivity contribution in [2.45, 2.75) is 44.4 Å². The zero-order valence-corrected chi connectivity index (χ0v) is 14.7. The average molecular weight is 356 g/mol. The van der Waals surface area contributed by atoms with Gasteiger partial charge in [0.2, 0.25) is 0 Å². The lowest BCUT2D eigenvalue weighted by molar-refractivity contribution is 0.0868. The normalized spacial score (nSPS) is 25.6. The van der Waals surface area contributed by atoms with E-state index in [4.69, 9.17) is 0 Å². The zero-order chi connectivity index (χ0) is 17.9. The van der Waals surface area contributed by atoms with E-state index in [2.05, 4.69) is 25.3 Å². The van der Waals surface area contributed by atoms with E-state index in [0.29, 0.717) is 18.0 Å². The van der Waals surface area contributed by atoms with Crippen molar-refractivity contribution >= 4 is 11.7 Å². The van der Waals surface area contributed by atoms with Crippen LogP contribution in [0.25, 0.3) is 0 Å². The van der Waals surface area contributed by atoms with Crippen LogP contribution >= 0.6 is 0 Å². The van der Waals surface area contributed by atoms with Crippen LogP contribution in [0.15, 0.2) is 30.9 Å². The summed E-state index contributed by atoms with van der Waals surface area (Å²) < 4.78 is 1.87. The van der Waals surface area contributed by atoms with Gasteiger partial charge in [-0.05, 0) is 37.7 Å². The number of aromatic nitrogens is 4. The van der Waals surface area contributed by atoms with Crippen molar-refractivity contribution < 1.29 is 9.90 Å². The highest BCUT2D eigenvalue weighted by Crippen LogP contribution is 2.27. The number of carbonyl (C=O) groups excluding carboxylic acids is 1. The van der Waals surface area contributed by atoms with Crippen molar-refractivity contribution in [3.63, 3.8) is 0 Å². The van der Waals surface area contributed by atoms with E-state index in [0.717, 1.165) is 44.7 Å². The van der Waals surface area contributed by atoms with Gasteiger partial charge in [-0.3, -0.25) is 9.48 Å². The Balaban J connectivity index is 1.37. The van der Waals surface area contributed by atoms with E-state index in [1.807, 2.05) is 16.9 Å². The number of aliphatic hydroxyl groups is 1. The third-order valence-electron chi connectivity index (χ3n) is 5.26. The van der Waals surface area contributed by atoms with Gasteiger partial charge in [-0.25, -0.2) is 9.97 Å². The molecule has 8 heteroatoms. The van der Waals surface area contributed by atoms with Crippen LogP contribution in [-0.2, 0) is 6.54 Å². The van der Waals surface area contributed by atoms with Gasteiger partial charge < -0.3 is 15.3 Å². The van der Waals surface area contributed by atoms with Crippen LogP contribution < -0.4 is 10.2 Å². The fraction of sp³-hybridized carbons (Fsp3) is 0.556. The molecule has 1 saturated heterocycles. The Kier molecular flexibility index (Phi) is 4.83. The van der Waals surface area contributed by atoms with Crippen LogP contribution in [0.4, 0.5) is 5.82 Å². The van der Waals surface area contributed by atoms with Gasteiger partial charge in [-0.2, -0.15) is 5.10 Å². The molecule has 2 N–H and O–H groups in total. The van der Waals surface area contributed by atoms with Gasteiger partial charge >= 0.3 is 0 Å². The number of amides is 1. The fourth-order valence-corrected chi connectivity index (χ4v) is 3.93. The van der Waals surface area contributed by atoms with Crippen LogP contribution in [0.5, 0.6) is 0 Å². The van der Waals surface area contributed by atoms with Gasteiger partial charge in [0.1, 0.15) is 17.8 Å².